The van der Waals surface area contributed by atoms with Crippen LogP contribution in [0.2, 0.25) is 0 Å². The predicted molar refractivity (Wildman–Crippen MR) is 404 cm³/mol. The van der Waals surface area contributed by atoms with E-state index in [1.807, 2.05) is 21.1 Å². The minimum atomic E-state index is -1.62. The van der Waals surface area contributed by atoms with Gasteiger partial charge in [0.15, 0.2) is 12.4 Å². The summed E-state index contributed by atoms with van der Waals surface area (Å²) in [6.07, 6.45) is 92.7. The summed E-state index contributed by atoms with van der Waals surface area (Å²) in [6.45, 7) is 4.86. The summed E-state index contributed by atoms with van der Waals surface area (Å²) in [7, 11) is 5.96. The van der Waals surface area contributed by atoms with Gasteiger partial charge in [0.25, 0.3) is 0 Å². The van der Waals surface area contributed by atoms with Crippen molar-refractivity contribution in [1.29, 1.82) is 0 Å². The number of carboxylic acid groups (broad SMARTS) is 1. The van der Waals surface area contributed by atoms with Gasteiger partial charge in [-0.2, -0.15) is 0 Å². The number of hydrogen-bond donors (Lipinski definition) is 0. The Balaban J connectivity index is 3.91. The van der Waals surface area contributed by atoms with Crippen molar-refractivity contribution >= 4 is 17.9 Å². The summed E-state index contributed by atoms with van der Waals surface area (Å²) in [6, 6.07) is 0. The molecule has 0 amide bonds. The van der Waals surface area contributed by atoms with Crippen LogP contribution in [0.3, 0.4) is 0 Å². The van der Waals surface area contributed by atoms with Crippen molar-refractivity contribution in [2.45, 2.75) is 482 Å². The lowest BCUT2D eigenvalue weighted by Gasteiger charge is -2.26. The molecule has 0 fully saturated rings. The van der Waals surface area contributed by atoms with Crippen molar-refractivity contribution in [2.75, 3.05) is 47.5 Å². The molecule has 0 aliphatic rings. The van der Waals surface area contributed by atoms with Crippen LogP contribution >= 0.6 is 0 Å². The van der Waals surface area contributed by atoms with Crippen LogP contribution in [0.1, 0.15) is 470 Å². The first kappa shape index (κ1) is 92.3. The molecule has 9 nitrogen and oxygen atoms in total. The maximum Gasteiger partial charge on any atom is 0.306 e. The predicted octanol–water partition coefficient (Wildman–Crippen LogP) is 26.0. The molecule has 2 atom stereocenters. The van der Waals surface area contributed by atoms with E-state index in [9.17, 15) is 19.5 Å². The number of hydrogen-bond acceptors (Lipinski definition) is 8. The first-order valence-corrected chi connectivity index (χ1v) is 42.7. The highest BCUT2D eigenvalue weighted by atomic mass is 16.7. The Morgan fingerprint density at radius 2 is 0.479 bits per heavy atom. The molecule has 94 heavy (non-hydrogen) atoms. The lowest BCUT2D eigenvalue weighted by Crippen LogP contribution is -2.44. The van der Waals surface area contributed by atoms with E-state index in [1.165, 1.54) is 405 Å². The molecule has 0 heterocycles. The van der Waals surface area contributed by atoms with E-state index < -0.39 is 24.3 Å². The maximum atomic E-state index is 13.0. The number of esters is 2. The van der Waals surface area contributed by atoms with Crippen LogP contribution in [0.5, 0.6) is 0 Å². The lowest BCUT2D eigenvalue weighted by molar-refractivity contribution is -0.870. The fourth-order valence-corrected chi connectivity index (χ4v) is 13.6. The highest BCUT2D eigenvalue weighted by molar-refractivity contribution is 5.70. The summed E-state index contributed by atoms with van der Waals surface area (Å²) in [4.78, 5) is 37.6. The van der Waals surface area contributed by atoms with Crippen LogP contribution in [-0.4, -0.2) is 82.3 Å². The van der Waals surface area contributed by atoms with Gasteiger partial charge in [-0.3, -0.25) is 9.59 Å². The molecule has 0 saturated carbocycles. The van der Waals surface area contributed by atoms with Gasteiger partial charge in [-0.15, -0.1) is 0 Å². The molecule has 0 rings (SSSR count). The zero-order valence-electron chi connectivity index (χ0n) is 64.4. The first-order chi connectivity index (χ1) is 46.1. The number of carboxylic acids is 1. The molecule has 0 bridgehead atoms. The van der Waals surface area contributed by atoms with E-state index in [-0.39, 0.29) is 32.2 Å². The van der Waals surface area contributed by atoms with E-state index in [0.717, 1.165) is 38.5 Å². The molecule has 2 unspecified atom stereocenters. The van der Waals surface area contributed by atoms with Gasteiger partial charge >= 0.3 is 11.9 Å². The van der Waals surface area contributed by atoms with E-state index in [1.54, 1.807) is 0 Å². The Morgan fingerprint density at radius 3 is 0.681 bits per heavy atom. The normalized spacial score (nSPS) is 12.5. The number of carbonyl (C=O) groups is 3. The van der Waals surface area contributed by atoms with Crippen molar-refractivity contribution in [3.05, 3.63) is 0 Å². The number of aliphatic carboxylic acids is 1. The number of rotatable bonds is 82. The molecule has 0 aromatic heterocycles. The zero-order valence-corrected chi connectivity index (χ0v) is 64.4. The summed E-state index contributed by atoms with van der Waals surface area (Å²) in [5, 5.41) is 11.9. The number of carbonyl (C=O) groups excluding carboxylic acids is 3. The summed E-state index contributed by atoms with van der Waals surface area (Å²) >= 11 is 0. The molecule has 0 saturated heterocycles. The number of likely N-dealkylation sites (N-methyl/N-ethyl adjacent to an activating group) is 1. The average molecular weight is 1330 g/mol. The van der Waals surface area contributed by atoms with Crippen LogP contribution in [0.4, 0.5) is 0 Å². The third kappa shape index (κ3) is 77.6. The summed E-state index contributed by atoms with van der Waals surface area (Å²) < 4.78 is 22.9. The highest BCUT2D eigenvalue weighted by Gasteiger charge is 2.22. The third-order valence-electron chi connectivity index (χ3n) is 20.1. The molecular formula is C85H167NO8. The van der Waals surface area contributed by atoms with Gasteiger partial charge in [-0.25, -0.2) is 0 Å². The molecule has 0 aliphatic heterocycles. The molecule has 0 spiro atoms. The van der Waals surface area contributed by atoms with Crippen molar-refractivity contribution in [3.63, 3.8) is 0 Å². The van der Waals surface area contributed by atoms with E-state index in [2.05, 4.69) is 13.8 Å². The Morgan fingerprint density at radius 1 is 0.277 bits per heavy atom. The van der Waals surface area contributed by atoms with Gasteiger partial charge < -0.3 is 33.3 Å². The third-order valence-corrected chi connectivity index (χ3v) is 20.1. The standard InChI is InChI=1S/C85H167NO8/c1-6-8-10-12-14-16-18-20-22-24-26-28-30-32-34-36-38-40-41-42-44-46-48-50-52-54-56-58-60-62-64-66-68-70-72-74-76-83(88)94-81(80-93-85(84(89)90)91-78-77-86(3,4)5)79-92-82(87)75-73-71-69-67-65-63-61-59-57-55-53-51-49-47-45-43-39-37-35-33-31-29-27-25-23-21-19-17-15-13-11-9-7-2/h81,85H,6-80H2,1-5H3. The molecule has 560 valence electrons. The number of quaternary nitrogens is 1. The molecule has 0 aromatic carbocycles. The van der Waals surface area contributed by atoms with Crippen molar-refractivity contribution in [2.24, 2.45) is 0 Å². The second-order valence-corrected chi connectivity index (χ2v) is 30.9. The lowest BCUT2D eigenvalue weighted by atomic mass is 10.0. The average Bonchev–Trinajstić information content (AvgIpc) is 3.45. The Bertz CT molecular complexity index is 1500. The van der Waals surface area contributed by atoms with Crippen LogP contribution in [0, 0.1) is 0 Å². The second-order valence-electron chi connectivity index (χ2n) is 30.9. The van der Waals surface area contributed by atoms with Gasteiger partial charge in [0.05, 0.1) is 40.3 Å². The first-order valence-electron chi connectivity index (χ1n) is 42.7. The van der Waals surface area contributed by atoms with Crippen LogP contribution < -0.4 is 5.11 Å². The smallest absolute Gasteiger partial charge is 0.306 e. The number of nitrogens with zero attached hydrogens (tertiary/aromatic N) is 1. The largest absolute Gasteiger partial charge is 0.545 e. The van der Waals surface area contributed by atoms with E-state index in [0.29, 0.717) is 17.4 Å². The van der Waals surface area contributed by atoms with Crippen LogP contribution in [0.15, 0.2) is 0 Å². The fraction of sp³-hybridized carbons (Fsp3) is 0.965. The molecule has 0 aliphatic carbocycles. The van der Waals surface area contributed by atoms with Crippen molar-refractivity contribution < 1.29 is 42.9 Å². The molecular weight excluding hydrogens is 1160 g/mol. The van der Waals surface area contributed by atoms with Crippen molar-refractivity contribution in [1.82, 2.24) is 0 Å². The van der Waals surface area contributed by atoms with Gasteiger partial charge in [0.2, 0.25) is 0 Å². The van der Waals surface area contributed by atoms with Crippen molar-refractivity contribution in [3.8, 4) is 0 Å². The second kappa shape index (κ2) is 77.0. The highest BCUT2D eigenvalue weighted by Crippen LogP contribution is 2.21. The summed E-state index contributed by atoms with van der Waals surface area (Å²) in [5.41, 5.74) is 0. The van der Waals surface area contributed by atoms with Gasteiger partial charge in [0.1, 0.15) is 13.2 Å². The van der Waals surface area contributed by atoms with Crippen LogP contribution in [-0.2, 0) is 33.3 Å². The van der Waals surface area contributed by atoms with Crippen LogP contribution in [0.25, 0.3) is 0 Å². The minimum Gasteiger partial charge on any atom is -0.545 e. The van der Waals surface area contributed by atoms with Gasteiger partial charge in [-0.1, -0.05) is 444 Å². The Kier molecular flexibility index (Phi) is 75.6. The SMILES string of the molecule is CCCCCCCCCCCCCCCCCCCCCCCCCCCCCCCCCCCCCCC(=O)OC(COC(=O)CCCCCCCCCCCCCCCCCCCCCCCCCCCCCCCCCCC)COC(OCC[N+](C)(C)C)C(=O)[O-]. The topological polar surface area (TPSA) is 111 Å². The summed E-state index contributed by atoms with van der Waals surface area (Å²) in [5.74, 6) is -2.24. The molecule has 0 aromatic rings. The monoisotopic (exact) mass is 1330 g/mol. The molecule has 9 heteroatoms. The molecule has 0 N–H and O–H groups in total. The Labute approximate surface area is 587 Å². The molecule has 0 radical (unpaired) electrons. The van der Waals surface area contributed by atoms with Gasteiger partial charge in [0, 0.05) is 12.8 Å². The fourth-order valence-electron chi connectivity index (χ4n) is 13.6. The number of ether oxygens (including phenoxy) is 4. The minimum absolute atomic E-state index is 0.154. The van der Waals surface area contributed by atoms with Gasteiger partial charge in [-0.05, 0) is 12.8 Å². The quantitative estimate of drug-likeness (QED) is 0.0256. The zero-order chi connectivity index (χ0) is 68.2. The Hall–Kier alpha value is -1.71. The van der Waals surface area contributed by atoms with E-state index in [4.69, 9.17) is 18.9 Å². The van der Waals surface area contributed by atoms with E-state index >= 15 is 0 Å². The maximum absolute atomic E-state index is 13.0. The number of unbranched alkanes of at least 4 members (excludes halogenated alkanes) is 67.